The van der Waals surface area contributed by atoms with Crippen molar-refractivity contribution in [3.05, 3.63) is 42.5 Å². The summed E-state index contributed by atoms with van der Waals surface area (Å²) in [4.78, 5) is 18.1. The van der Waals surface area contributed by atoms with Gasteiger partial charge in [0.25, 0.3) is 5.91 Å². The van der Waals surface area contributed by atoms with Gasteiger partial charge >= 0.3 is 0 Å². The topological polar surface area (TPSA) is 64.2 Å². The first kappa shape index (κ1) is 13.1. The Hall–Kier alpha value is -2.30. The van der Waals surface area contributed by atoms with Crippen molar-refractivity contribution in [1.29, 1.82) is 0 Å². The SMILES string of the molecule is CC(C)n1cc(N)cc1C(=O)N(C)c1cccnc1. The number of rotatable bonds is 3. The molecule has 2 rings (SSSR count). The Morgan fingerprint density at radius 1 is 1.47 bits per heavy atom. The van der Waals surface area contributed by atoms with Crippen LogP contribution in [0.25, 0.3) is 0 Å². The van der Waals surface area contributed by atoms with Gasteiger partial charge in [0.2, 0.25) is 0 Å². The fourth-order valence-corrected chi connectivity index (χ4v) is 1.94. The molecule has 5 heteroatoms. The second kappa shape index (κ2) is 5.14. The summed E-state index contributed by atoms with van der Waals surface area (Å²) in [5.74, 6) is -0.0987. The van der Waals surface area contributed by atoms with Crippen LogP contribution in [0, 0.1) is 0 Å². The summed E-state index contributed by atoms with van der Waals surface area (Å²) in [6.07, 6.45) is 5.12. The molecule has 0 fully saturated rings. The fourth-order valence-electron chi connectivity index (χ4n) is 1.94. The van der Waals surface area contributed by atoms with Crippen LogP contribution >= 0.6 is 0 Å². The van der Waals surface area contributed by atoms with Crippen LogP contribution in [0.4, 0.5) is 11.4 Å². The van der Waals surface area contributed by atoms with Gasteiger partial charge in [0, 0.05) is 25.5 Å². The highest BCUT2D eigenvalue weighted by atomic mass is 16.2. The molecule has 1 amide bonds. The van der Waals surface area contributed by atoms with Gasteiger partial charge in [0.15, 0.2) is 0 Å². The number of pyridine rings is 1. The molecule has 0 spiro atoms. The lowest BCUT2D eigenvalue weighted by molar-refractivity contribution is 0.0982. The maximum Gasteiger partial charge on any atom is 0.274 e. The van der Waals surface area contributed by atoms with Gasteiger partial charge in [-0.05, 0) is 32.0 Å². The minimum Gasteiger partial charge on any atom is -0.397 e. The number of aromatic nitrogens is 2. The minimum atomic E-state index is -0.0987. The molecule has 0 radical (unpaired) electrons. The maximum atomic E-state index is 12.5. The number of nitrogen functional groups attached to an aromatic ring is 1. The molecule has 2 aromatic rings. The van der Waals surface area contributed by atoms with Gasteiger partial charge in [-0.15, -0.1) is 0 Å². The number of hydrogen-bond donors (Lipinski definition) is 1. The maximum absolute atomic E-state index is 12.5. The van der Waals surface area contributed by atoms with Gasteiger partial charge < -0.3 is 15.2 Å². The van der Waals surface area contributed by atoms with Crippen molar-refractivity contribution < 1.29 is 4.79 Å². The van der Waals surface area contributed by atoms with E-state index in [-0.39, 0.29) is 11.9 Å². The van der Waals surface area contributed by atoms with Crippen LogP contribution in [0.2, 0.25) is 0 Å². The van der Waals surface area contributed by atoms with Crippen LogP contribution < -0.4 is 10.6 Å². The molecule has 100 valence electrons. The summed E-state index contributed by atoms with van der Waals surface area (Å²) in [6.45, 7) is 4.03. The molecule has 2 aromatic heterocycles. The Balaban J connectivity index is 2.34. The summed E-state index contributed by atoms with van der Waals surface area (Å²) in [7, 11) is 1.73. The summed E-state index contributed by atoms with van der Waals surface area (Å²) in [6, 6.07) is 5.53. The van der Waals surface area contributed by atoms with Gasteiger partial charge in [-0.25, -0.2) is 0 Å². The summed E-state index contributed by atoms with van der Waals surface area (Å²) >= 11 is 0. The zero-order valence-corrected chi connectivity index (χ0v) is 11.4. The molecule has 0 aromatic carbocycles. The highest BCUT2D eigenvalue weighted by molar-refractivity contribution is 6.05. The third-order valence-electron chi connectivity index (χ3n) is 2.98. The highest BCUT2D eigenvalue weighted by Gasteiger charge is 2.19. The molecule has 0 saturated carbocycles. The Morgan fingerprint density at radius 3 is 2.79 bits per heavy atom. The Labute approximate surface area is 112 Å². The van der Waals surface area contributed by atoms with Crippen LogP contribution in [0.1, 0.15) is 30.4 Å². The quantitative estimate of drug-likeness (QED) is 0.919. The molecule has 2 N–H and O–H groups in total. The van der Waals surface area contributed by atoms with Crippen molar-refractivity contribution >= 4 is 17.3 Å². The first-order valence-electron chi connectivity index (χ1n) is 6.16. The zero-order chi connectivity index (χ0) is 14.0. The summed E-state index contributed by atoms with van der Waals surface area (Å²) < 4.78 is 1.88. The van der Waals surface area contributed by atoms with E-state index in [1.165, 1.54) is 0 Å². The Kier molecular flexibility index (Phi) is 3.55. The van der Waals surface area contributed by atoms with E-state index < -0.39 is 0 Å². The second-order valence-corrected chi connectivity index (χ2v) is 4.74. The normalized spacial score (nSPS) is 10.7. The molecular weight excluding hydrogens is 240 g/mol. The third kappa shape index (κ3) is 2.59. The summed E-state index contributed by atoms with van der Waals surface area (Å²) in [5.41, 5.74) is 7.72. The standard InChI is InChI=1S/C14H18N4O/c1-10(2)18-9-11(15)7-13(18)14(19)17(3)12-5-4-6-16-8-12/h4-10H,15H2,1-3H3. The van der Waals surface area contributed by atoms with Crippen LogP contribution in [0.3, 0.4) is 0 Å². The Morgan fingerprint density at radius 2 is 2.21 bits per heavy atom. The van der Waals surface area contributed by atoms with E-state index in [0.717, 1.165) is 5.69 Å². The molecule has 19 heavy (non-hydrogen) atoms. The van der Waals surface area contributed by atoms with Gasteiger partial charge in [-0.2, -0.15) is 0 Å². The van der Waals surface area contributed by atoms with E-state index in [0.29, 0.717) is 11.4 Å². The molecule has 0 aliphatic carbocycles. The average Bonchev–Trinajstić information content (AvgIpc) is 2.80. The molecule has 0 atom stereocenters. The van der Waals surface area contributed by atoms with Crippen molar-refractivity contribution in [1.82, 2.24) is 9.55 Å². The van der Waals surface area contributed by atoms with E-state index >= 15 is 0 Å². The second-order valence-electron chi connectivity index (χ2n) is 4.74. The molecule has 0 saturated heterocycles. The highest BCUT2D eigenvalue weighted by Crippen LogP contribution is 2.20. The smallest absolute Gasteiger partial charge is 0.274 e. The lowest BCUT2D eigenvalue weighted by Crippen LogP contribution is -2.28. The van der Waals surface area contributed by atoms with Crippen molar-refractivity contribution in [2.75, 3.05) is 17.7 Å². The zero-order valence-electron chi connectivity index (χ0n) is 11.4. The molecule has 5 nitrogen and oxygen atoms in total. The van der Waals surface area contributed by atoms with E-state index in [9.17, 15) is 4.79 Å². The number of nitrogens with two attached hydrogens (primary N) is 1. The molecular formula is C14H18N4O. The van der Waals surface area contributed by atoms with Gasteiger partial charge in [0.1, 0.15) is 5.69 Å². The Bertz CT molecular complexity index is 574. The number of hydrogen-bond acceptors (Lipinski definition) is 3. The van der Waals surface area contributed by atoms with Crippen LogP contribution in [0.15, 0.2) is 36.8 Å². The molecule has 0 unspecified atom stereocenters. The van der Waals surface area contributed by atoms with Gasteiger partial charge in [-0.1, -0.05) is 0 Å². The fraction of sp³-hybridized carbons (Fsp3) is 0.286. The summed E-state index contributed by atoms with van der Waals surface area (Å²) in [5, 5.41) is 0. The first-order chi connectivity index (χ1) is 9.00. The van der Waals surface area contributed by atoms with Crippen molar-refractivity contribution in [3.8, 4) is 0 Å². The van der Waals surface area contributed by atoms with Crippen LogP contribution in [-0.4, -0.2) is 22.5 Å². The average molecular weight is 258 g/mol. The lowest BCUT2D eigenvalue weighted by atomic mass is 10.3. The number of amides is 1. The molecule has 0 aliphatic heterocycles. The molecule has 0 bridgehead atoms. The van der Waals surface area contributed by atoms with E-state index in [1.807, 2.05) is 24.5 Å². The predicted molar refractivity (Wildman–Crippen MR) is 76.2 cm³/mol. The number of carbonyl (C=O) groups is 1. The predicted octanol–water partition coefficient (Wildman–Crippen LogP) is 2.32. The number of carbonyl (C=O) groups excluding carboxylic acids is 1. The first-order valence-corrected chi connectivity index (χ1v) is 6.16. The van der Waals surface area contributed by atoms with Gasteiger partial charge in [-0.3, -0.25) is 9.78 Å². The number of anilines is 2. The molecule has 0 aliphatic rings. The van der Waals surface area contributed by atoms with Gasteiger partial charge in [0.05, 0.1) is 17.6 Å². The van der Waals surface area contributed by atoms with E-state index in [4.69, 9.17) is 5.73 Å². The minimum absolute atomic E-state index is 0.0987. The van der Waals surface area contributed by atoms with E-state index in [2.05, 4.69) is 4.98 Å². The monoisotopic (exact) mass is 258 g/mol. The number of nitrogens with zero attached hydrogens (tertiary/aromatic N) is 3. The van der Waals surface area contributed by atoms with Crippen molar-refractivity contribution in [2.24, 2.45) is 0 Å². The van der Waals surface area contributed by atoms with Crippen LogP contribution in [0.5, 0.6) is 0 Å². The largest absolute Gasteiger partial charge is 0.397 e. The van der Waals surface area contributed by atoms with Crippen LogP contribution in [-0.2, 0) is 0 Å². The van der Waals surface area contributed by atoms with Crippen molar-refractivity contribution in [2.45, 2.75) is 19.9 Å². The van der Waals surface area contributed by atoms with Crippen molar-refractivity contribution in [3.63, 3.8) is 0 Å². The molecule has 2 heterocycles. The van der Waals surface area contributed by atoms with E-state index in [1.54, 1.807) is 42.7 Å². The third-order valence-corrected chi connectivity index (χ3v) is 2.98. The lowest BCUT2D eigenvalue weighted by Gasteiger charge is -2.19.